The van der Waals surface area contributed by atoms with Crippen LogP contribution >= 0.6 is 15.9 Å². The summed E-state index contributed by atoms with van der Waals surface area (Å²) in [6.45, 7) is 0.480. The van der Waals surface area contributed by atoms with Crippen LogP contribution in [0.15, 0.2) is 58.7 Å². The normalized spacial score (nSPS) is 10.8. The molecule has 110 valence electrons. The van der Waals surface area contributed by atoms with Crippen molar-refractivity contribution < 1.29 is 4.79 Å². The Kier molecular flexibility index (Phi) is 5.87. The van der Waals surface area contributed by atoms with Gasteiger partial charge >= 0.3 is 0 Å². The lowest BCUT2D eigenvalue weighted by Crippen LogP contribution is -2.26. The lowest BCUT2D eigenvalue weighted by molar-refractivity contribution is -0.117. The van der Waals surface area contributed by atoms with Crippen LogP contribution in [0.25, 0.3) is 6.08 Å². The summed E-state index contributed by atoms with van der Waals surface area (Å²) in [7, 11) is 0. The Balaban J connectivity index is 1.96. The highest BCUT2D eigenvalue weighted by atomic mass is 79.9. The molecule has 1 aromatic carbocycles. The Hall–Kier alpha value is -2.45. The van der Waals surface area contributed by atoms with Crippen molar-refractivity contribution >= 4 is 27.9 Å². The monoisotopic (exact) mass is 355 g/mol. The quantitative estimate of drug-likeness (QED) is 0.509. The topological polar surface area (TPSA) is 65.8 Å². The van der Waals surface area contributed by atoms with Gasteiger partial charge in [-0.1, -0.05) is 36.4 Å². The first-order valence-electron chi connectivity index (χ1n) is 6.75. The Labute approximate surface area is 137 Å². The van der Waals surface area contributed by atoms with Gasteiger partial charge in [0.2, 0.25) is 0 Å². The number of amides is 1. The highest BCUT2D eigenvalue weighted by molar-refractivity contribution is 9.10. The van der Waals surface area contributed by atoms with Crippen molar-refractivity contribution in [1.29, 1.82) is 5.26 Å². The van der Waals surface area contributed by atoms with Gasteiger partial charge in [0.1, 0.15) is 16.2 Å². The molecule has 0 bridgehead atoms. The number of carbonyl (C=O) groups excluding carboxylic acids is 1. The maximum absolute atomic E-state index is 12.0. The minimum absolute atomic E-state index is 0.0404. The van der Waals surface area contributed by atoms with Crippen molar-refractivity contribution in [1.82, 2.24) is 10.3 Å². The minimum atomic E-state index is -0.389. The van der Waals surface area contributed by atoms with Crippen LogP contribution in [-0.4, -0.2) is 17.4 Å². The highest BCUT2D eigenvalue weighted by Crippen LogP contribution is 2.09. The molecule has 0 unspecified atom stereocenters. The summed E-state index contributed by atoms with van der Waals surface area (Å²) < 4.78 is 0.656. The molecule has 5 heteroatoms. The van der Waals surface area contributed by atoms with Gasteiger partial charge < -0.3 is 5.32 Å². The number of nitrogens with one attached hydrogen (secondary N) is 1. The molecule has 1 N–H and O–H groups in total. The van der Waals surface area contributed by atoms with Crippen molar-refractivity contribution in [3.8, 4) is 6.07 Å². The first-order valence-corrected chi connectivity index (χ1v) is 7.55. The summed E-state index contributed by atoms with van der Waals surface area (Å²) in [5.41, 5.74) is 1.74. The maximum Gasteiger partial charge on any atom is 0.262 e. The average Bonchev–Trinajstić information content (AvgIpc) is 2.53. The van der Waals surface area contributed by atoms with Gasteiger partial charge in [-0.05, 0) is 46.1 Å². The molecule has 2 aromatic rings. The average molecular weight is 356 g/mol. The fraction of sp³-hybridized carbons (Fsp3) is 0.118. The third kappa shape index (κ3) is 4.83. The number of hydrogen-bond donors (Lipinski definition) is 1. The number of aromatic nitrogens is 1. The van der Waals surface area contributed by atoms with Gasteiger partial charge in [0.05, 0.1) is 5.69 Å². The molecule has 0 spiro atoms. The third-order valence-electron chi connectivity index (χ3n) is 2.94. The van der Waals surface area contributed by atoms with E-state index in [1.165, 1.54) is 6.08 Å². The van der Waals surface area contributed by atoms with Gasteiger partial charge in [0, 0.05) is 6.54 Å². The number of halogens is 1. The van der Waals surface area contributed by atoms with Crippen molar-refractivity contribution in [2.45, 2.75) is 6.42 Å². The molecule has 2 rings (SSSR count). The second-order valence-corrected chi connectivity index (χ2v) is 5.36. The van der Waals surface area contributed by atoms with Gasteiger partial charge in [-0.25, -0.2) is 4.98 Å². The molecular weight excluding hydrogens is 342 g/mol. The number of hydrogen-bond acceptors (Lipinski definition) is 3. The minimum Gasteiger partial charge on any atom is -0.351 e. The number of nitriles is 1. The van der Waals surface area contributed by atoms with Crippen LogP contribution in [0.2, 0.25) is 0 Å². The largest absolute Gasteiger partial charge is 0.351 e. The van der Waals surface area contributed by atoms with Crippen LogP contribution in [0.3, 0.4) is 0 Å². The van der Waals surface area contributed by atoms with Crippen LogP contribution in [0.1, 0.15) is 11.3 Å². The first-order chi connectivity index (χ1) is 10.7. The molecule has 0 atom stereocenters. The van der Waals surface area contributed by atoms with Crippen LogP contribution in [0.5, 0.6) is 0 Å². The molecule has 0 radical (unpaired) electrons. The van der Waals surface area contributed by atoms with Crippen molar-refractivity contribution in [3.63, 3.8) is 0 Å². The van der Waals surface area contributed by atoms with Gasteiger partial charge in [-0.3, -0.25) is 4.79 Å². The van der Waals surface area contributed by atoms with Gasteiger partial charge in [-0.15, -0.1) is 0 Å². The highest BCUT2D eigenvalue weighted by Gasteiger charge is 2.08. The zero-order valence-electron chi connectivity index (χ0n) is 11.8. The van der Waals surface area contributed by atoms with Crippen LogP contribution in [0, 0.1) is 11.3 Å². The van der Waals surface area contributed by atoms with E-state index in [0.717, 1.165) is 12.0 Å². The van der Waals surface area contributed by atoms with Gasteiger partial charge in [0.15, 0.2) is 0 Å². The second kappa shape index (κ2) is 8.11. The predicted octanol–water partition coefficient (Wildman–Crippen LogP) is 3.11. The van der Waals surface area contributed by atoms with E-state index in [4.69, 9.17) is 5.26 Å². The molecule has 1 aromatic heterocycles. The van der Waals surface area contributed by atoms with E-state index >= 15 is 0 Å². The number of benzene rings is 1. The van der Waals surface area contributed by atoms with Crippen molar-refractivity contribution in [2.24, 2.45) is 0 Å². The van der Waals surface area contributed by atoms with Crippen LogP contribution < -0.4 is 5.32 Å². The van der Waals surface area contributed by atoms with E-state index in [1.54, 1.807) is 18.2 Å². The lowest BCUT2D eigenvalue weighted by atomic mass is 10.1. The number of carbonyl (C=O) groups is 1. The summed E-state index contributed by atoms with van der Waals surface area (Å²) in [6, 6.07) is 17.1. The van der Waals surface area contributed by atoms with Crippen molar-refractivity contribution in [3.05, 3.63) is 70.0 Å². The number of nitrogens with zero attached hydrogens (tertiary/aromatic N) is 2. The number of rotatable bonds is 5. The molecule has 1 heterocycles. The van der Waals surface area contributed by atoms with Crippen molar-refractivity contribution in [2.75, 3.05) is 6.54 Å². The summed E-state index contributed by atoms with van der Waals surface area (Å²) in [5, 5.41) is 11.9. The second-order valence-electron chi connectivity index (χ2n) is 4.55. The fourth-order valence-corrected chi connectivity index (χ4v) is 2.22. The maximum atomic E-state index is 12.0. The molecule has 0 fully saturated rings. The molecular formula is C17H14BrN3O. The van der Waals surface area contributed by atoms with E-state index in [-0.39, 0.29) is 11.5 Å². The van der Waals surface area contributed by atoms with Gasteiger partial charge in [0.25, 0.3) is 5.91 Å². The summed E-state index contributed by atoms with van der Waals surface area (Å²) >= 11 is 3.25. The molecule has 0 aliphatic carbocycles. The van der Waals surface area contributed by atoms with Crippen LogP contribution in [0.4, 0.5) is 0 Å². The Morgan fingerprint density at radius 1 is 1.23 bits per heavy atom. The molecule has 22 heavy (non-hydrogen) atoms. The van der Waals surface area contributed by atoms with E-state index in [0.29, 0.717) is 16.8 Å². The Morgan fingerprint density at radius 3 is 2.68 bits per heavy atom. The fourth-order valence-electron chi connectivity index (χ4n) is 1.86. The van der Waals surface area contributed by atoms with E-state index in [9.17, 15) is 4.79 Å². The zero-order valence-corrected chi connectivity index (χ0v) is 13.4. The summed E-state index contributed by atoms with van der Waals surface area (Å²) in [5.74, 6) is -0.389. The molecule has 0 aliphatic rings. The molecule has 1 amide bonds. The van der Waals surface area contributed by atoms with E-state index < -0.39 is 0 Å². The Morgan fingerprint density at radius 2 is 2.00 bits per heavy atom. The van der Waals surface area contributed by atoms with Gasteiger partial charge in [-0.2, -0.15) is 5.26 Å². The standard InChI is InChI=1S/C17H14BrN3O/c18-16-8-4-7-15(21-16)11-14(12-19)17(22)20-10-9-13-5-2-1-3-6-13/h1-8,11H,9-10H2,(H,20,22)/b14-11+. The molecule has 4 nitrogen and oxygen atoms in total. The van der Waals surface area contributed by atoms with E-state index in [2.05, 4.69) is 26.2 Å². The SMILES string of the molecule is N#C/C(=C\c1cccc(Br)n1)C(=O)NCCc1ccccc1. The predicted molar refractivity (Wildman–Crippen MR) is 88.7 cm³/mol. The Bertz CT molecular complexity index is 720. The summed E-state index contributed by atoms with van der Waals surface area (Å²) in [4.78, 5) is 16.2. The molecule has 0 saturated carbocycles. The summed E-state index contributed by atoms with van der Waals surface area (Å²) in [6.07, 6.45) is 2.20. The molecule has 0 saturated heterocycles. The number of pyridine rings is 1. The van der Waals surface area contributed by atoms with E-state index in [1.807, 2.05) is 36.4 Å². The lowest BCUT2D eigenvalue weighted by Gasteiger charge is -2.04. The first kappa shape index (κ1) is 15.9. The van der Waals surface area contributed by atoms with Crippen LogP contribution in [-0.2, 0) is 11.2 Å². The smallest absolute Gasteiger partial charge is 0.262 e. The molecule has 0 aliphatic heterocycles. The third-order valence-corrected chi connectivity index (χ3v) is 3.38. The zero-order chi connectivity index (χ0) is 15.8.